The van der Waals surface area contributed by atoms with Crippen LogP contribution in [0.4, 0.5) is 0 Å². The number of nitrogens with one attached hydrogen (secondary N) is 1. The summed E-state index contributed by atoms with van der Waals surface area (Å²) in [5, 5.41) is 3.43. The smallest absolute Gasteiger partial charge is 0.0671 e. The maximum absolute atomic E-state index is 5.61. The van der Waals surface area contributed by atoms with Crippen LogP contribution in [-0.4, -0.2) is 25.3 Å². The van der Waals surface area contributed by atoms with Crippen LogP contribution in [0.25, 0.3) is 0 Å². The number of rotatable bonds is 8. The molecule has 0 aliphatic rings. The maximum atomic E-state index is 5.61. The van der Waals surface area contributed by atoms with Crippen molar-refractivity contribution < 1.29 is 4.74 Å². The molecule has 0 aromatic rings. The molecule has 2 nitrogen and oxygen atoms in total. The van der Waals surface area contributed by atoms with Gasteiger partial charge >= 0.3 is 0 Å². The largest absolute Gasteiger partial charge is 0.377 e. The third-order valence-corrected chi connectivity index (χ3v) is 2.27. The Morgan fingerprint density at radius 1 is 1.23 bits per heavy atom. The molecule has 0 spiro atoms. The summed E-state index contributed by atoms with van der Waals surface area (Å²) in [7, 11) is 0. The highest BCUT2D eigenvalue weighted by Gasteiger charge is 2.03. The predicted octanol–water partition coefficient (Wildman–Crippen LogP) is 2.58. The normalized spacial score (nSPS) is 15.7. The van der Waals surface area contributed by atoms with Crippen LogP contribution < -0.4 is 5.32 Å². The van der Waals surface area contributed by atoms with Crippen molar-refractivity contribution in [1.29, 1.82) is 0 Å². The van der Waals surface area contributed by atoms with Crippen molar-refractivity contribution in [2.75, 3.05) is 13.2 Å². The van der Waals surface area contributed by atoms with Crippen LogP contribution in [0.15, 0.2) is 0 Å². The summed E-state index contributed by atoms with van der Waals surface area (Å²) >= 11 is 0. The van der Waals surface area contributed by atoms with Crippen molar-refractivity contribution in [2.24, 2.45) is 0 Å². The van der Waals surface area contributed by atoms with Crippen molar-refractivity contribution in [2.45, 2.75) is 59.1 Å². The standard InChI is InChI=1S/C11H25NO/c1-5-7-8-13-11(4)9-12-10(3)6-2/h10-12H,5-9H2,1-4H3. The second kappa shape index (κ2) is 8.52. The SMILES string of the molecule is CCCCOC(C)CNC(C)CC. The molecule has 2 unspecified atom stereocenters. The Morgan fingerprint density at radius 2 is 1.92 bits per heavy atom. The summed E-state index contributed by atoms with van der Waals surface area (Å²) in [6.45, 7) is 10.6. The highest BCUT2D eigenvalue weighted by atomic mass is 16.5. The quantitative estimate of drug-likeness (QED) is 0.590. The summed E-state index contributed by atoms with van der Waals surface area (Å²) in [4.78, 5) is 0. The van der Waals surface area contributed by atoms with Crippen molar-refractivity contribution in [3.63, 3.8) is 0 Å². The molecule has 0 bridgehead atoms. The van der Waals surface area contributed by atoms with Gasteiger partial charge in [0.25, 0.3) is 0 Å². The average molecular weight is 187 g/mol. The third kappa shape index (κ3) is 8.26. The first-order chi connectivity index (χ1) is 6.20. The van der Waals surface area contributed by atoms with E-state index in [1.165, 1.54) is 19.3 Å². The summed E-state index contributed by atoms with van der Waals surface area (Å²) in [5.74, 6) is 0. The van der Waals surface area contributed by atoms with Gasteiger partial charge in [0.15, 0.2) is 0 Å². The van der Waals surface area contributed by atoms with E-state index < -0.39 is 0 Å². The molecule has 2 heteroatoms. The minimum absolute atomic E-state index is 0.348. The molecule has 13 heavy (non-hydrogen) atoms. The monoisotopic (exact) mass is 187 g/mol. The summed E-state index contributed by atoms with van der Waals surface area (Å²) in [6, 6.07) is 0.609. The Labute approximate surface area is 83.1 Å². The molecule has 0 aromatic heterocycles. The minimum Gasteiger partial charge on any atom is -0.377 e. The number of unbranched alkanes of at least 4 members (excludes halogenated alkanes) is 1. The molecule has 0 rings (SSSR count). The van der Waals surface area contributed by atoms with Gasteiger partial charge in [-0.2, -0.15) is 0 Å². The van der Waals surface area contributed by atoms with Gasteiger partial charge in [0.1, 0.15) is 0 Å². The van der Waals surface area contributed by atoms with E-state index in [0.717, 1.165) is 13.2 Å². The molecule has 1 N–H and O–H groups in total. The molecule has 0 saturated carbocycles. The van der Waals surface area contributed by atoms with E-state index in [2.05, 4.69) is 33.0 Å². The van der Waals surface area contributed by atoms with Gasteiger partial charge in [-0.15, -0.1) is 0 Å². The Balaban J connectivity index is 3.24. The summed E-state index contributed by atoms with van der Waals surface area (Å²) < 4.78 is 5.61. The van der Waals surface area contributed by atoms with Crippen LogP contribution in [0.3, 0.4) is 0 Å². The van der Waals surface area contributed by atoms with Crippen molar-refractivity contribution >= 4 is 0 Å². The van der Waals surface area contributed by atoms with Crippen LogP contribution in [0, 0.1) is 0 Å². The Morgan fingerprint density at radius 3 is 2.46 bits per heavy atom. The van der Waals surface area contributed by atoms with Crippen LogP contribution in [0.2, 0.25) is 0 Å². The fourth-order valence-corrected chi connectivity index (χ4v) is 0.999. The maximum Gasteiger partial charge on any atom is 0.0671 e. The van der Waals surface area contributed by atoms with Crippen molar-refractivity contribution in [3.05, 3.63) is 0 Å². The molecule has 0 aliphatic heterocycles. The number of hydrogen-bond acceptors (Lipinski definition) is 2. The topological polar surface area (TPSA) is 21.3 Å². The number of ether oxygens (including phenoxy) is 1. The first-order valence-electron chi connectivity index (χ1n) is 5.55. The van der Waals surface area contributed by atoms with Gasteiger partial charge < -0.3 is 10.1 Å². The van der Waals surface area contributed by atoms with Crippen LogP contribution in [-0.2, 0) is 4.74 Å². The van der Waals surface area contributed by atoms with E-state index in [1.807, 2.05) is 0 Å². The Hall–Kier alpha value is -0.0800. The number of hydrogen-bond donors (Lipinski definition) is 1. The van der Waals surface area contributed by atoms with Gasteiger partial charge in [-0.05, 0) is 26.7 Å². The molecular weight excluding hydrogens is 162 g/mol. The lowest BCUT2D eigenvalue weighted by Crippen LogP contribution is -2.33. The second-order valence-corrected chi connectivity index (χ2v) is 3.75. The highest BCUT2D eigenvalue weighted by Crippen LogP contribution is 1.95. The van der Waals surface area contributed by atoms with Gasteiger partial charge in [-0.1, -0.05) is 20.3 Å². The lowest BCUT2D eigenvalue weighted by Gasteiger charge is -2.17. The molecule has 0 fully saturated rings. The highest BCUT2D eigenvalue weighted by molar-refractivity contribution is 4.61. The van der Waals surface area contributed by atoms with Crippen LogP contribution >= 0.6 is 0 Å². The predicted molar refractivity (Wildman–Crippen MR) is 58.1 cm³/mol. The van der Waals surface area contributed by atoms with E-state index in [4.69, 9.17) is 4.74 Å². The molecular formula is C11H25NO. The molecule has 0 heterocycles. The fraction of sp³-hybridized carbons (Fsp3) is 1.00. The van der Waals surface area contributed by atoms with Crippen LogP contribution in [0.1, 0.15) is 47.0 Å². The summed E-state index contributed by atoms with van der Waals surface area (Å²) in [5.41, 5.74) is 0. The van der Waals surface area contributed by atoms with E-state index >= 15 is 0 Å². The van der Waals surface area contributed by atoms with E-state index in [9.17, 15) is 0 Å². The Kier molecular flexibility index (Phi) is 8.46. The lowest BCUT2D eigenvalue weighted by molar-refractivity contribution is 0.0622. The van der Waals surface area contributed by atoms with Gasteiger partial charge in [0.2, 0.25) is 0 Å². The first-order valence-corrected chi connectivity index (χ1v) is 5.55. The van der Waals surface area contributed by atoms with Gasteiger partial charge in [-0.3, -0.25) is 0 Å². The van der Waals surface area contributed by atoms with E-state index in [-0.39, 0.29) is 0 Å². The first kappa shape index (κ1) is 12.9. The van der Waals surface area contributed by atoms with Gasteiger partial charge in [-0.25, -0.2) is 0 Å². The average Bonchev–Trinajstić information content (AvgIpc) is 2.14. The molecule has 80 valence electrons. The minimum atomic E-state index is 0.348. The second-order valence-electron chi connectivity index (χ2n) is 3.75. The molecule has 0 radical (unpaired) electrons. The molecule has 0 saturated heterocycles. The fourth-order valence-electron chi connectivity index (χ4n) is 0.999. The van der Waals surface area contributed by atoms with Crippen molar-refractivity contribution in [1.82, 2.24) is 5.32 Å². The molecule has 0 aliphatic carbocycles. The zero-order chi connectivity index (χ0) is 10.1. The van der Waals surface area contributed by atoms with Crippen molar-refractivity contribution in [3.8, 4) is 0 Å². The van der Waals surface area contributed by atoms with E-state index in [1.54, 1.807) is 0 Å². The molecule has 2 atom stereocenters. The van der Waals surface area contributed by atoms with E-state index in [0.29, 0.717) is 12.1 Å². The lowest BCUT2D eigenvalue weighted by atomic mass is 10.2. The van der Waals surface area contributed by atoms with Gasteiger partial charge in [0, 0.05) is 19.2 Å². The van der Waals surface area contributed by atoms with Gasteiger partial charge in [0.05, 0.1) is 6.10 Å². The Bertz CT molecular complexity index is 106. The van der Waals surface area contributed by atoms with Crippen LogP contribution in [0.5, 0.6) is 0 Å². The molecule has 0 amide bonds. The third-order valence-electron chi connectivity index (χ3n) is 2.27. The zero-order valence-electron chi connectivity index (χ0n) is 9.60. The summed E-state index contributed by atoms with van der Waals surface area (Å²) in [6.07, 6.45) is 3.92. The zero-order valence-corrected chi connectivity index (χ0v) is 9.60. The molecule has 0 aromatic carbocycles.